The van der Waals surface area contributed by atoms with E-state index in [1.54, 1.807) is 41.6 Å². The maximum Gasteiger partial charge on any atom is 0.407 e. The van der Waals surface area contributed by atoms with Crippen LogP contribution in [-0.2, 0) is 29.7 Å². The van der Waals surface area contributed by atoms with Crippen molar-refractivity contribution < 1.29 is 42.2 Å². The highest BCUT2D eigenvalue weighted by atomic mass is 19.3. The quantitative estimate of drug-likeness (QED) is 0.197. The molecule has 0 unspecified atom stereocenters. The molecule has 3 saturated heterocycles. The molecule has 6 aliphatic rings. The lowest BCUT2D eigenvalue weighted by Crippen LogP contribution is -2.53. The average Bonchev–Trinajstić information content (AvgIpc) is 3.87. The molecule has 9 rings (SSSR count). The van der Waals surface area contributed by atoms with E-state index in [4.69, 9.17) is 19.2 Å². The maximum atomic E-state index is 16.6. The van der Waals surface area contributed by atoms with Gasteiger partial charge in [0.25, 0.3) is 5.92 Å². The van der Waals surface area contributed by atoms with Crippen LogP contribution >= 0.6 is 0 Å². The Hall–Kier alpha value is -5.64. The third kappa shape index (κ3) is 7.53. The van der Waals surface area contributed by atoms with E-state index in [1.807, 2.05) is 24.8 Å². The number of carbonyl (C=O) groups excluding carboxylic acids is 4. The minimum absolute atomic E-state index is 0.0467. The summed E-state index contributed by atoms with van der Waals surface area (Å²) in [7, 11) is 2.54. The molecule has 14 nitrogen and oxygen atoms in total. The SMILES string of the molecule is COC(=O)N[C@H](C(=O)N1CC2(CC2)C[C@H]1C1=NC=C(c2ccc3c(c2)C(F)(F)c2cc(-c4cnc([C@@H]5CCCN5C(=O)[C@@H](NC(=O)OC)C5CCOCC5)[nH]4)ccc2-3)C1)C(C)C. The Balaban J connectivity index is 0.905. The number of allylic oxidation sites excluding steroid dienone is 1. The fraction of sp³-hybridized carbons (Fsp3) is 0.522. The number of alkyl halides is 2. The molecule has 3 aromatic rings. The lowest BCUT2D eigenvalue weighted by Gasteiger charge is -2.34. The van der Waals surface area contributed by atoms with Crippen molar-refractivity contribution >= 4 is 35.3 Å². The molecule has 5 heterocycles. The standard InChI is InChI=1S/C46H53F2N7O7/c1-25(2)38(52-43(58)60-3)41(56)55-24-45(13-14-45)21-37(55)34-20-29(22-49-34)27-7-9-30-31-10-8-28(19-33(31)46(47,48)32(30)18-27)35-23-50-40(51-35)36-6-5-15-54(36)42(57)39(53-44(59)61-4)26-11-16-62-17-12-26/h7-10,18-19,22-23,25-26,36-39H,5-6,11-17,20-21,24H2,1-4H3,(H,50,51)(H,52,58)(H,53,59)/t36-,37-,38-,39-/m0/s1. The number of halogens is 2. The number of nitrogens with zero attached hydrogens (tertiary/aromatic N) is 4. The number of benzene rings is 2. The van der Waals surface area contributed by atoms with Crippen molar-refractivity contribution in [1.82, 2.24) is 30.4 Å². The summed E-state index contributed by atoms with van der Waals surface area (Å²) in [4.78, 5) is 68.8. The van der Waals surface area contributed by atoms with Crippen LogP contribution in [0, 0.1) is 17.3 Å². The van der Waals surface area contributed by atoms with Gasteiger partial charge in [-0.2, -0.15) is 8.78 Å². The van der Waals surface area contributed by atoms with Gasteiger partial charge in [-0.3, -0.25) is 14.6 Å². The van der Waals surface area contributed by atoms with Crippen molar-refractivity contribution in [3.8, 4) is 22.4 Å². The molecule has 4 aliphatic heterocycles. The predicted molar refractivity (Wildman–Crippen MR) is 225 cm³/mol. The Morgan fingerprint density at radius 3 is 2.24 bits per heavy atom. The summed E-state index contributed by atoms with van der Waals surface area (Å²) >= 11 is 0. The largest absolute Gasteiger partial charge is 0.453 e. The van der Waals surface area contributed by atoms with E-state index >= 15 is 8.78 Å². The highest BCUT2D eigenvalue weighted by Gasteiger charge is 2.55. The Labute approximate surface area is 358 Å². The summed E-state index contributed by atoms with van der Waals surface area (Å²) in [5.41, 5.74) is 4.15. The van der Waals surface area contributed by atoms with E-state index in [0.717, 1.165) is 37.0 Å². The Morgan fingerprint density at radius 2 is 1.56 bits per heavy atom. The van der Waals surface area contributed by atoms with Gasteiger partial charge in [0.15, 0.2) is 0 Å². The number of ether oxygens (including phenoxy) is 3. The summed E-state index contributed by atoms with van der Waals surface area (Å²) in [6.45, 7) is 5.86. The smallest absolute Gasteiger partial charge is 0.407 e. The number of aromatic nitrogens is 2. The van der Waals surface area contributed by atoms with E-state index in [9.17, 15) is 19.2 Å². The molecule has 4 amide bonds. The number of likely N-dealkylation sites (tertiary alicyclic amines) is 2. The van der Waals surface area contributed by atoms with Crippen LogP contribution in [0.4, 0.5) is 18.4 Å². The molecule has 2 aromatic carbocycles. The highest BCUT2D eigenvalue weighted by molar-refractivity contribution is 6.04. The molecule has 0 radical (unpaired) electrons. The van der Waals surface area contributed by atoms with Gasteiger partial charge in [-0.15, -0.1) is 0 Å². The van der Waals surface area contributed by atoms with Crippen LogP contribution in [0.2, 0.25) is 0 Å². The van der Waals surface area contributed by atoms with Gasteiger partial charge in [-0.1, -0.05) is 38.1 Å². The minimum atomic E-state index is -3.28. The first-order chi connectivity index (χ1) is 29.8. The molecule has 2 aliphatic carbocycles. The van der Waals surface area contributed by atoms with E-state index in [0.29, 0.717) is 85.8 Å². The van der Waals surface area contributed by atoms with Gasteiger partial charge in [0, 0.05) is 61.3 Å². The van der Waals surface area contributed by atoms with Gasteiger partial charge >= 0.3 is 12.2 Å². The number of carbonyl (C=O) groups is 4. The second kappa shape index (κ2) is 16.2. The molecule has 16 heteroatoms. The minimum Gasteiger partial charge on any atom is -0.453 e. The predicted octanol–water partition coefficient (Wildman–Crippen LogP) is 6.96. The summed E-state index contributed by atoms with van der Waals surface area (Å²) in [5.74, 6) is -3.38. The van der Waals surface area contributed by atoms with Gasteiger partial charge in [-0.25, -0.2) is 14.6 Å². The number of alkyl carbamates (subject to hydrolysis) is 2. The first-order valence-electron chi connectivity index (χ1n) is 21.7. The summed E-state index contributed by atoms with van der Waals surface area (Å²) < 4.78 is 48.3. The van der Waals surface area contributed by atoms with Gasteiger partial charge < -0.3 is 39.6 Å². The third-order valence-electron chi connectivity index (χ3n) is 13.9. The zero-order valence-electron chi connectivity index (χ0n) is 35.5. The van der Waals surface area contributed by atoms with E-state index in [-0.39, 0.29) is 52.3 Å². The van der Waals surface area contributed by atoms with Crippen LogP contribution in [-0.4, -0.2) is 108 Å². The number of hydrogen-bond acceptors (Lipinski definition) is 9. The van der Waals surface area contributed by atoms with Crippen molar-refractivity contribution in [2.75, 3.05) is 40.5 Å². The third-order valence-corrected chi connectivity index (χ3v) is 13.9. The molecule has 3 N–H and O–H groups in total. The van der Waals surface area contributed by atoms with Gasteiger partial charge in [0.05, 0.1) is 38.2 Å². The molecule has 4 atom stereocenters. The number of hydrogen-bond donors (Lipinski definition) is 3. The van der Waals surface area contributed by atoms with Gasteiger partial charge in [0.2, 0.25) is 11.8 Å². The Morgan fingerprint density at radius 1 is 0.887 bits per heavy atom. The normalized spacial score (nSPS) is 23.1. The molecule has 328 valence electrons. The van der Waals surface area contributed by atoms with Crippen LogP contribution in [0.5, 0.6) is 0 Å². The number of imidazole rings is 1. The number of rotatable bonds is 10. The Bertz CT molecular complexity index is 2350. The van der Waals surface area contributed by atoms with Gasteiger partial charge in [-0.05, 0) is 96.6 Å². The number of aliphatic imine (C=N–C) groups is 1. The lowest BCUT2D eigenvalue weighted by atomic mass is 9.90. The maximum absolute atomic E-state index is 16.6. The zero-order valence-corrected chi connectivity index (χ0v) is 35.5. The van der Waals surface area contributed by atoms with Crippen LogP contribution in [0.3, 0.4) is 0 Å². The molecule has 62 heavy (non-hydrogen) atoms. The zero-order chi connectivity index (χ0) is 43.5. The van der Waals surface area contributed by atoms with E-state index in [2.05, 4.69) is 20.6 Å². The molecule has 1 saturated carbocycles. The van der Waals surface area contributed by atoms with Crippen LogP contribution < -0.4 is 10.6 Å². The lowest BCUT2D eigenvalue weighted by molar-refractivity contribution is -0.137. The molecule has 1 aromatic heterocycles. The van der Waals surface area contributed by atoms with E-state index < -0.39 is 30.2 Å². The van der Waals surface area contributed by atoms with Crippen molar-refractivity contribution in [1.29, 1.82) is 0 Å². The van der Waals surface area contributed by atoms with Crippen molar-refractivity contribution in [2.45, 2.75) is 95.3 Å². The van der Waals surface area contributed by atoms with Crippen molar-refractivity contribution in [3.63, 3.8) is 0 Å². The van der Waals surface area contributed by atoms with Crippen molar-refractivity contribution in [2.24, 2.45) is 22.2 Å². The van der Waals surface area contributed by atoms with Crippen molar-refractivity contribution in [3.05, 3.63) is 71.3 Å². The Kier molecular flexibility index (Phi) is 10.9. The van der Waals surface area contributed by atoms with Gasteiger partial charge in [0.1, 0.15) is 17.9 Å². The molecule has 4 fully saturated rings. The number of H-pyrrole nitrogens is 1. The highest BCUT2D eigenvalue weighted by Crippen LogP contribution is 2.56. The average molecular weight is 854 g/mol. The second-order valence-electron chi connectivity index (χ2n) is 18.0. The van der Waals surface area contributed by atoms with E-state index in [1.165, 1.54) is 20.3 Å². The topological polar surface area (TPSA) is 168 Å². The molecular formula is C46H53F2N7O7. The molecular weight excluding hydrogens is 801 g/mol. The number of nitrogens with one attached hydrogen (secondary N) is 3. The van der Waals surface area contributed by atoms with Crippen LogP contribution in [0.1, 0.15) is 93.8 Å². The summed E-state index contributed by atoms with van der Waals surface area (Å²) in [5, 5.41) is 5.48. The molecule has 1 spiro atoms. The first-order valence-corrected chi connectivity index (χ1v) is 21.7. The fourth-order valence-electron chi connectivity index (χ4n) is 10.2. The number of methoxy groups -OCH3 is 2. The fourth-order valence-corrected chi connectivity index (χ4v) is 10.2. The second-order valence-corrected chi connectivity index (χ2v) is 18.0. The first kappa shape index (κ1) is 41.7. The summed E-state index contributed by atoms with van der Waals surface area (Å²) in [6.07, 6.45) is 7.94. The number of amides is 4. The monoisotopic (exact) mass is 853 g/mol. The summed E-state index contributed by atoms with van der Waals surface area (Å²) in [6, 6.07) is 8.07. The van der Waals surface area contributed by atoms with Crippen LogP contribution in [0.25, 0.3) is 28.0 Å². The number of fused-ring (bicyclic) bond motifs is 3. The van der Waals surface area contributed by atoms with Crippen LogP contribution in [0.15, 0.2) is 53.8 Å². The number of aromatic amines is 1. The molecule has 0 bridgehead atoms.